The van der Waals surface area contributed by atoms with Gasteiger partial charge in [-0.1, -0.05) is 18.2 Å². The molecule has 33 heavy (non-hydrogen) atoms. The van der Waals surface area contributed by atoms with Gasteiger partial charge in [0, 0.05) is 30.4 Å². The Morgan fingerprint density at radius 3 is 2.45 bits per heavy atom. The number of nitrogens with zero attached hydrogens (tertiary/aromatic N) is 2. The van der Waals surface area contributed by atoms with Crippen molar-refractivity contribution in [3.05, 3.63) is 93.5 Å². The fourth-order valence-corrected chi connectivity index (χ4v) is 4.62. The summed E-state index contributed by atoms with van der Waals surface area (Å²) in [6, 6.07) is 14.0. The van der Waals surface area contributed by atoms with E-state index in [0.717, 1.165) is 36.2 Å². The summed E-state index contributed by atoms with van der Waals surface area (Å²) >= 11 is 0. The number of aryl methyl sites for hydroxylation is 2. The van der Waals surface area contributed by atoms with Crippen molar-refractivity contribution >= 4 is 10.9 Å². The first-order valence-electron chi connectivity index (χ1n) is 10.9. The van der Waals surface area contributed by atoms with E-state index in [1.807, 2.05) is 12.1 Å². The van der Waals surface area contributed by atoms with Crippen LogP contribution in [0.5, 0.6) is 5.75 Å². The van der Waals surface area contributed by atoms with Gasteiger partial charge in [-0.3, -0.25) is 9.36 Å². The van der Waals surface area contributed by atoms with Gasteiger partial charge in [-0.25, -0.2) is 0 Å². The molecule has 4 nitrogen and oxygen atoms in total. The maximum Gasteiger partial charge on any atom is 0.416 e. The Hall–Kier alpha value is -3.48. The largest absolute Gasteiger partial charge is 0.489 e. The van der Waals surface area contributed by atoms with Crippen molar-refractivity contribution in [3.63, 3.8) is 0 Å². The van der Waals surface area contributed by atoms with Crippen molar-refractivity contribution in [2.24, 2.45) is 7.05 Å². The van der Waals surface area contributed by atoms with E-state index in [2.05, 4.69) is 17.7 Å². The highest BCUT2D eigenvalue weighted by Crippen LogP contribution is 2.32. The average Bonchev–Trinajstić information content (AvgIpc) is 3.09. The Kier molecular flexibility index (Phi) is 5.27. The van der Waals surface area contributed by atoms with Crippen LogP contribution in [0.1, 0.15) is 35.2 Å². The van der Waals surface area contributed by atoms with E-state index >= 15 is 0 Å². The third-order valence-corrected chi connectivity index (χ3v) is 6.37. The number of benzene rings is 2. The van der Waals surface area contributed by atoms with E-state index in [1.165, 1.54) is 47.7 Å². The zero-order valence-corrected chi connectivity index (χ0v) is 18.2. The highest BCUT2D eigenvalue weighted by molar-refractivity contribution is 5.87. The quantitative estimate of drug-likeness (QED) is 0.392. The summed E-state index contributed by atoms with van der Waals surface area (Å²) in [6.45, 7) is 0.0719. The van der Waals surface area contributed by atoms with Crippen LogP contribution >= 0.6 is 0 Å². The van der Waals surface area contributed by atoms with Crippen LogP contribution in [0.15, 0.2) is 65.6 Å². The highest BCUT2D eigenvalue weighted by Gasteiger charge is 2.29. The van der Waals surface area contributed by atoms with Gasteiger partial charge >= 0.3 is 6.18 Å². The molecule has 7 heteroatoms. The molecular formula is C26H23F3N2O2. The number of alkyl halides is 3. The van der Waals surface area contributed by atoms with Crippen LogP contribution in [-0.4, -0.2) is 9.13 Å². The van der Waals surface area contributed by atoms with Crippen LogP contribution in [-0.2, 0) is 32.7 Å². The second kappa shape index (κ2) is 8.14. The predicted octanol–water partition coefficient (Wildman–Crippen LogP) is 5.81. The van der Waals surface area contributed by atoms with Gasteiger partial charge in [0.15, 0.2) is 0 Å². The van der Waals surface area contributed by atoms with E-state index in [0.29, 0.717) is 11.3 Å². The SMILES string of the molecule is Cn1c2c(c3ccc(-n4ccc(OCc5ccc(C(F)(F)F)cc5)cc4=O)cc31)CCCC2. The number of aromatic nitrogens is 2. The zero-order chi connectivity index (χ0) is 23.2. The number of fused-ring (bicyclic) bond motifs is 3. The standard InChI is InChI=1S/C26H23F3N2O2/c1-30-23-5-3-2-4-21(23)22-11-10-19(14-24(22)30)31-13-12-20(15-25(31)32)33-16-17-6-8-18(9-7-17)26(27,28)29/h6-15H,2-5,16H2,1H3. The molecule has 2 aromatic carbocycles. The average molecular weight is 452 g/mol. The number of hydrogen-bond donors (Lipinski definition) is 0. The fraction of sp³-hybridized carbons (Fsp3) is 0.269. The summed E-state index contributed by atoms with van der Waals surface area (Å²) in [4.78, 5) is 12.8. The van der Waals surface area contributed by atoms with Gasteiger partial charge in [-0.2, -0.15) is 13.2 Å². The van der Waals surface area contributed by atoms with Gasteiger partial charge in [0.2, 0.25) is 0 Å². The van der Waals surface area contributed by atoms with Crippen LogP contribution in [0.25, 0.3) is 16.6 Å². The first-order valence-corrected chi connectivity index (χ1v) is 10.9. The van der Waals surface area contributed by atoms with E-state index < -0.39 is 11.7 Å². The Morgan fingerprint density at radius 1 is 0.970 bits per heavy atom. The Balaban J connectivity index is 1.36. The molecule has 0 radical (unpaired) electrons. The lowest BCUT2D eigenvalue weighted by Gasteiger charge is -2.12. The van der Waals surface area contributed by atoms with Crippen LogP contribution in [0.3, 0.4) is 0 Å². The summed E-state index contributed by atoms with van der Waals surface area (Å²) in [5, 5.41) is 1.25. The van der Waals surface area contributed by atoms with Crippen molar-refractivity contribution < 1.29 is 17.9 Å². The third kappa shape index (κ3) is 4.03. The molecule has 0 unspecified atom stereocenters. The number of rotatable bonds is 4. The number of halogens is 3. The van der Waals surface area contributed by atoms with Gasteiger partial charge in [0.05, 0.1) is 16.8 Å². The second-order valence-corrected chi connectivity index (χ2v) is 8.45. The minimum atomic E-state index is -4.37. The van der Waals surface area contributed by atoms with Crippen molar-refractivity contribution in [1.29, 1.82) is 0 Å². The molecule has 1 aliphatic rings. The van der Waals surface area contributed by atoms with Crippen LogP contribution in [0, 0.1) is 0 Å². The number of pyridine rings is 1. The molecule has 0 saturated heterocycles. The molecule has 0 atom stereocenters. The Bertz CT molecular complexity index is 1380. The molecule has 0 spiro atoms. The van der Waals surface area contributed by atoms with Crippen molar-refractivity contribution in [1.82, 2.24) is 9.13 Å². The minimum Gasteiger partial charge on any atom is -0.489 e. The maximum absolute atomic E-state index is 12.8. The molecule has 0 fully saturated rings. The molecular weight excluding hydrogens is 429 g/mol. The topological polar surface area (TPSA) is 36.2 Å². The Morgan fingerprint density at radius 2 is 1.73 bits per heavy atom. The first-order chi connectivity index (χ1) is 15.8. The summed E-state index contributed by atoms with van der Waals surface area (Å²) in [7, 11) is 2.08. The maximum atomic E-state index is 12.8. The van der Waals surface area contributed by atoms with Gasteiger partial charge in [0.1, 0.15) is 12.4 Å². The molecule has 2 heterocycles. The molecule has 0 N–H and O–H groups in total. The third-order valence-electron chi connectivity index (χ3n) is 6.37. The highest BCUT2D eigenvalue weighted by atomic mass is 19.4. The van der Waals surface area contributed by atoms with E-state index in [1.54, 1.807) is 16.8 Å². The monoisotopic (exact) mass is 452 g/mol. The van der Waals surface area contributed by atoms with Crippen LogP contribution < -0.4 is 10.3 Å². The fourth-order valence-electron chi connectivity index (χ4n) is 4.62. The van der Waals surface area contributed by atoms with Crippen molar-refractivity contribution in [3.8, 4) is 11.4 Å². The lowest BCUT2D eigenvalue weighted by Crippen LogP contribution is -2.16. The molecule has 0 aliphatic heterocycles. The summed E-state index contributed by atoms with van der Waals surface area (Å²) in [5.74, 6) is 0.367. The number of hydrogen-bond acceptors (Lipinski definition) is 2. The molecule has 0 saturated carbocycles. The minimum absolute atomic E-state index is 0.0719. The van der Waals surface area contributed by atoms with Crippen LogP contribution in [0.4, 0.5) is 13.2 Å². The van der Waals surface area contributed by atoms with Gasteiger partial charge in [-0.15, -0.1) is 0 Å². The van der Waals surface area contributed by atoms with E-state index in [-0.39, 0.29) is 12.2 Å². The predicted molar refractivity (Wildman–Crippen MR) is 121 cm³/mol. The lowest BCUT2D eigenvalue weighted by molar-refractivity contribution is -0.137. The first kappa shape index (κ1) is 21.4. The van der Waals surface area contributed by atoms with Crippen LogP contribution in [0.2, 0.25) is 0 Å². The molecule has 5 rings (SSSR count). The summed E-state index contributed by atoms with van der Waals surface area (Å²) < 4.78 is 47.5. The molecule has 2 aromatic heterocycles. The smallest absolute Gasteiger partial charge is 0.416 e. The van der Waals surface area contributed by atoms with Gasteiger partial charge < -0.3 is 9.30 Å². The molecule has 0 bridgehead atoms. The summed E-state index contributed by atoms with van der Waals surface area (Å²) in [6.07, 6.45) is 1.89. The molecule has 4 aromatic rings. The molecule has 0 amide bonds. The molecule has 1 aliphatic carbocycles. The van der Waals surface area contributed by atoms with E-state index in [4.69, 9.17) is 4.74 Å². The summed E-state index contributed by atoms with van der Waals surface area (Å²) in [5.41, 5.74) is 4.35. The van der Waals surface area contributed by atoms with Crippen molar-refractivity contribution in [2.45, 2.75) is 38.5 Å². The molecule has 170 valence electrons. The van der Waals surface area contributed by atoms with Crippen molar-refractivity contribution in [2.75, 3.05) is 0 Å². The van der Waals surface area contributed by atoms with Gasteiger partial charge in [0.25, 0.3) is 5.56 Å². The van der Waals surface area contributed by atoms with Gasteiger partial charge in [-0.05, 0) is 67.1 Å². The zero-order valence-electron chi connectivity index (χ0n) is 18.2. The Labute approximate surface area is 188 Å². The lowest BCUT2D eigenvalue weighted by atomic mass is 9.95. The second-order valence-electron chi connectivity index (χ2n) is 8.45. The normalized spacial score (nSPS) is 13.8. The van der Waals surface area contributed by atoms with E-state index in [9.17, 15) is 18.0 Å². The number of ether oxygens (including phenoxy) is 1.